The minimum absolute atomic E-state index is 0.0426. The summed E-state index contributed by atoms with van der Waals surface area (Å²) in [7, 11) is 0. The summed E-state index contributed by atoms with van der Waals surface area (Å²) in [5, 5.41) is 2.79. The molecule has 0 heterocycles. The molecular weight excluding hydrogens is 390 g/mol. The molecular formula is C23H28F2N2O3. The number of halogens is 2. The topological polar surface area (TPSA) is 58.6 Å². The van der Waals surface area contributed by atoms with E-state index in [0.29, 0.717) is 30.5 Å². The van der Waals surface area contributed by atoms with Gasteiger partial charge in [0.1, 0.15) is 17.2 Å². The molecule has 0 aliphatic rings. The number of para-hydroxylation sites is 1. The molecule has 2 rings (SSSR count). The summed E-state index contributed by atoms with van der Waals surface area (Å²) >= 11 is 0. The van der Waals surface area contributed by atoms with Crippen molar-refractivity contribution in [3.8, 4) is 0 Å². The lowest BCUT2D eigenvalue weighted by molar-refractivity contribution is -0.107. The van der Waals surface area contributed by atoms with Crippen molar-refractivity contribution in [3.63, 3.8) is 0 Å². The average Bonchev–Trinajstić information content (AvgIpc) is 2.62. The lowest BCUT2D eigenvalue weighted by atomic mass is 10.0. The van der Waals surface area contributed by atoms with Gasteiger partial charge in [-0.25, -0.2) is 13.6 Å². The first-order valence-electron chi connectivity index (χ1n) is 9.81. The van der Waals surface area contributed by atoms with Crippen molar-refractivity contribution in [1.82, 2.24) is 5.32 Å². The molecule has 162 valence electrons. The monoisotopic (exact) mass is 418 g/mol. The van der Waals surface area contributed by atoms with Crippen LogP contribution in [-0.2, 0) is 22.5 Å². The zero-order valence-electron chi connectivity index (χ0n) is 17.7. The number of hydrogen-bond acceptors (Lipinski definition) is 3. The first kappa shape index (κ1) is 23.3. The number of aryl methyl sites for hydroxylation is 1. The number of amides is 2. The fourth-order valence-corrected chi connectivity index (χ4v) is 3.03. The fraction of sp³-hybridized carbons (Fsp3) is 0.391. The van der Waals surface area contributed by atoms with Crippen molar-refractivity contribution in [2.24, 2.45) is 0 Å². The molecule has 1 unspecified atom stereocenters. The van der Waals surface area contributed by atoms with Crippen LogP contribution < -0.4 is 10.2 Å². The van der Waals surface area contributed by atoms with Crippen molar-refractivity contribution in [1.29, 1.82) is 0 Å². The van der Waals surface area contributed by atoms with Crippen LogP contribution in [0.4, 0.5) is 19.3 Å². The Morgan fingerprint density at radius 3 is 2.40 bits per heavy atom. The number of carbonyl (C=O) groups is 2. The van der Waals surface area contributed by atoms with Crippen LogP contribution in [0.25, 0.3) is 0 Å². The summed E-state index contributed by atoms with van der Waals surface area (Å²) in [5.74, 6) is -1.38. The highest BCUT2D eigenvalue weighted by Gasteiger charge is 2.18. The minimum Gasteiger partial charge on any atom is -0.444 e. The van der Waals surface area contributed by atoms with E-state index in [9.17, 15) is 18.4 Å². The lowest BCUT2D eigenvalue weighted by Crippen LogP contribution is -2.37. The lowest BCUT2D eigenvalue weighted by Gasteiger charge is -2.23. The molecule has 0 saturated heterocycles. The summed E-state index contributed by atoms with van der Waals surface area (Å²) in [4.78, 5) is 25.0. The molecule has 2 aromatic carbocycles. The van der Waals surface area contributed by atoms with Crippen LogP contribution >= 0.6 is 0 Å². The van der Waals surface area contributed by atoms with E-state index in [1.54, 1.807) is 32.9 Å². The molecule has 0 aliphatic heterocycles. The van der Waals surface area contributed by atoms with Crippen LogP contribution in [-0.4, -0.2) is 24.1 Å². The first-order chi connectivity index (χ1) is 14.1. The van der Waals surface area contributed by atoms with Gasteiger partial charge in [0, 0.05) is 17.8 Å². The minimum atomic E-state index is -0.689. The number of benzene rings is 2. The highest BCUT2D eigenvalue weighted by molar-refractivity contribution is 5.77. The maximum absolute atomic E-state index is 13.5. The zero-order valence-corrected chi connectivity index (χ0v) is 17.7. The van der Waals surface area contributed by atoms with Crippen molar-refractivity contribution >= 4 is 18.2 Å². The molecule has 7 heteroatoms. The quantitative estimate of drug-likeness (QED) is 0.616. The molecule has 0 spiro atoms. The van der Waals surface area contributed by atoms with Gasteiger partial charge in [-0.15, -0.1) is 0 Å². The van der Waals surface area contributed by atoms with E-state index in [0.717, 1.165) is 11.6 Å². The Hall–Kier alpha value is -2.96. The van der Waals surface area contributed by atoms with E-state index in [4.69, 9.17) is 4.74 Å². The smallest absolute Gasteiger partial charge is 0.407 e. The third kappa shape index (κ3) is 7.46. The largest absolute Gasteiger partial charge is 0.444 e. The predicted octanol–water partition coefficient (Wildman–Crippen LogP) is 4.97. The van der Waals surface area contributed by atoms with Gasteiger partial charge in [0.25, 0.3) is 0 Å². The number of nitrogens with zero attached hydrogens (tertiary/aromatic N) is 1. The van der Waals surface area contributed by atoms with Gasteiger partial charge in [-0.05, 0) is 69.9 Å². The van der Waals surface area contributed by atoms with Crippen molar-refractivity contribution < 1.29 is 23.1 Å². The highest BCUT2D eigenvalue weighted by atomic mass is 19.1. The molecule has 2 aromatic rings. The number of hydrogen-bond donors (Lipinski definition) is 1. The second kappa shape index (κ2) is 10.2. The number of alkyl carbamates (subject to hydrolysis) is 1. The van der Waals surface area contributed by atoms with E-state index in [2.05, 4.69) is 5.32 Å². The summed E-state index contributed by atoms with van der Waals surface area (Å²) in [5.41, 5.74) is 1.33. The predicted molar refractivity (Wildman–Crippen MR) is 112 cm³/mol. The van der Waals surface area contributed by atoms with E-state index in [1.807, 2.05) is 19.1 Å². The summed E-state index contributed by atoms with van der Waals surface area (Å²) in [6.45, 7) is 7.31. The van der Waals surface area contributed by atoms with E-state index >= 15 is 0 Å². The van der Waals surface area contributed by atoms with Crippen molar-refractivity contribution in [2.45, 2.75) is 58.7 Å². The number of anilines is 1. The number of rotatable bonds is 8. The maximum atomic E-state index is 13.5. The van der Waals surface area contributed by atoms with Crippen LogP contribution in [0.15, 0.2) is 42.5 Å². The van der Waals surface area contributed by atoms with Gasteiger partial charge in [0.05, 0.1) is 6.54 Å². The van der Waals surface area contributed by atoms with Gasteiger partial charge in [-0.3, -0.25) is 4.79 Å². The van der Waals surface area contributed by atoms with Crippen molar-refractivity contribution in [3.05, 3.63) is 65.2 Å². The van der Waals surface area contributed by atoms with Crippen LogP contribution in [0.2, 0.25) is 0 Å². The van der Waals surface area contributed by atoms with E-state index in [-0.39, 0.29) is 12.6 Å². The van der Waals surface area contributed by atoms with E-state index in [1.165, 1.54) is 17.0 Å². The second-order valence-corrected chi connectivity index (χ2v) is 8.23. The molecule has 0 saturated carbocycles. The van der Waals surface area contributed by atoms with Gasteiger partial charge in [0.15, 0.2) is 0 Å². The molecule has 5 nitrogen and oxygen atoms in total. The average molecular weight is 418 g/mol. The molecule has 1 atom stereocenters. The van der Waals surface area contributed by atoms with Crippen LogP contribution in [0.3, 0.4) is 0 Å². The molecule has 0 fully saturated rings. The number of nitrogens with one attached hydrogen (secondary N) is 1. The van der Waals surface area contributed by atoms with Gasteiger partial charge in [0.2, 0.25) is 6.41 Å². The van der Waals surface area contributed by atoms with Crippen LogP contribution in [0, 0.1) is 11.6 Å². The Bertz CT molecular complexity index is 861. The number of ether oxygens (including phenoxy) is 1. The molecule has 0 radical (unpaired) electrons. The molecule has 30 heavy (non-hydrogen) atoms. The zero-order chi connectivity index (χ0) is 22.3. The standard InChI is InChI=1S/C23H28F2N2O3/c1-16(26-22(29)30-23(2,3)4)9-10-18-7-5-6-8-21(18)27(15-28)14-17-11-19(24)13-20(25)12-17/h5-8,11-13,15-16H,9-10,14H2,1-4H3,(H,26,29). The van der Waals surface area contributed by atoms with Gasteiger partial charge in [-0.2, -0.15) is 0 Å². The fourth-order valence-electron chi connectivity index (χ4n) is 3.03. The summed E-state index contributed by atoms with van der Waals surface area (Å²) < 4.78 is 32.2. The summed E-state index contributed by atoms with van der Waals surface area (Å²) in [6.07, 6.45) is 1.38. The van der Waals surface area contributed by atoms with Gasteiger partial charge in [-0.1, -0.05) is 18.2 Å². The Morgan fingerprint density at radius 1 is 1.17 bits per heavy atom. The third-order valence-corrected chi connectivity index (χ3v) is 4.31. The SMILES string of the molecule is CC(CCc1ccccc1N(C=O)Cc1cc(F)cc(F)c1)NC(=O)OC(C)(C)C. The van der Waals surface area contributed by atoms with Gasteiger partial charge < -0.3 is 15.0 Å². The van der Waals surface area contributed by atoms with E-state index < -0.39 is 23.3 Å². The first-order valence-corrected chi connectivity index (χ1v) is 9.81. The van der Waals surface area contributed by atoms with Crippen molar-refractivity contribution in [2.75, 3.05) is 4.90 Å². The van der Waals surface area contributed by atoms with Gasteiger partial charge >= 0.3 is 6.09 Å². The summed E-state index contributed by atoms with van der Waals surface area (Å²) in [6, 6.07) is 10.4. The molecule has 0 aromatic heterocycles. The molecule has 1 N–H and O–H groups in total. The third-order valence-electron chi connectivity index (χ3n) is 4.31. The number of carbonyl (C=O) groups excluding carboxylic acids is 2. The Labute approximate surface area is 176 Å². The highest BCUT2D eigenvalue weighted by Crippen LogP contribution is 2.24. The maximum Gasteiger partial charge on any atom is 0.407 e. The second-order valence-electron chi connectivity index (χ2n) is 8.23. The normalized spacial score (nSPS) is 12.2. The molecule has 2 amide bonds. The Morgan fingerprint density at radius 2 is 1.80 bits per heavy atom. The Balaban J connectivity index is 2.06. The van der Waals surface area contributed by atoms with Crippen LogP contribution in [0.5, 0.6) is 0 Å². The molecule has 0 aliphatic carbocycles. The molecule has 0 bridgehead atoms. The Kier molecular flexibility index (Phi) is 7.92. The van der Waals surface area contributed by atoms with Crippen LogP contribution in [0.1, 0.15) is 45.2 Å².